The molecule has 1 atom stereocenters. The average molecular weight is 351 g/mol. The second-order valence-corrected chi connectivity index (χ2v) is 7.08. The standard InChI is InChI=1S/C21H25N3O2/c1-26-20-15-18(8-9-22-20)21(25)24-12-10-23(11-13-24)19-7-6-16-4-2-3-5-17(16)14-19/h2-5,8-9,15,19H,6-7,10-14H2,1H3/t19-/m1/s1. The van der Waals surface area contributed by atoms with Crippen molar-refractivity contribution in [2.75, 3.05) is 33.3 Å². The molecule has 1 aliphatic carbocycles. The third-order valence-corrected chi connectivity index (χ3v) is 5.63. The van der Waals surface area contributed by atoms with Crippen molar-refractivity contribution in [1.29, 1.82) is 0 Å². The summed E-state index contributed by atoms with van der Waals surface area (Å²) in [7, 11) is 1.57. The van der Waals surface area contributed by atoms with Gasteiger partial charge in [0.05, 0.1) is 7.11 Å². The van der Waals surface area contributed by atoms with Crippen LogP contribution >= 0.6 is 0 Å². The minimum absolute atomic E-state index is 0.0688. The molecule has 26 heavy (non-hydrogen) atoms. The highest BCUT2D eigenvalue weighted by Gasteiger charge is 2.29. The normalized spacial score (nSPS) is 20.5. The summed E-state index contributed by atoms with van der Waals surface area (Å²) < 4.78 is 5.13. The number of carbonyl (C=O) groups is 1. The predicted octanol–water partition coefficient (Wildman–Crippen LogP) is 2.41. The summed E-state index contributed by atoms with van der Waals surface area (Å²) in [5.41, 5.74) is 3.65. The van der Waals surface area contributed by atoms with Gasteiger partial charge in [0.1, 0.15) is 0 Å². The first-order valence-corrected chi connectivity index (χ1v) is 9.35. The van der Waals surface area contributed by atoms with E-state index in [4.69, 9.17) is 4.74 Å². The number of carbonyl (C=O) groups excluding carboxylic acids is 1. The van der Waals surface area contributed by atoms with Gasteiger partial charge in [-0.2, -0.15) is 0 Å². The number of hydrogen-bond acceptors (Lipinski definition) is 4. The fraction of sp³-hybridized carbons (Fsp3) is 0.429. The molecule has 2 aromatic rings. The average Bonchev–Trinajstić information content (AvgIpc) is 2.73. The number of aromatic nitrogens is 1. The zero-order chi connectivity index (χ0) is 17.9. The monoisotopic (exact) mass is 351 g/mol. The molecule has 0 unspecified atom stereocenters. The van der Waals surface area contributed by atoms with Gasteiger partial charge in [0.15, 0.2) is 0 Å². The molecule has 136 valence electrons. The van der Waals surface area contributed by atoms with Gasteiger partial charge in [-0.05, 0) is 36.5 Å². The van der Waals surface area contributed by atoms with E-state index in [2.05, 4.69) is 34.1 Å². The van der Waals surface area contributed by atoms with Crippen molar-refractivity contribution >= 4 is 5.91 Å². The van der Waals surface area contributed by atoms with Crippen molar-refractivity contribution in [1.82, 2.24) is 14.8 Å². The zero-order valence-electron chi connectivity index (χ0n) is 15.2. The van der Waals surface area contributed by atoms with Crippen LogP contribution in [-0.4, -0.2) is 60.0 Å². The highest BCUT2D eigenvalue weighted by Crippen LogP contribution is 2.25. The van der Waals surface area contributed by atoms with Gasteiger partial charge in [0.2, 0.25) is 5.88 Å². The Morgan fingerprint density at radius 3 is 2.65 bits per heavy atom. The second-order valence-electron chi connectivity index (χ2n) is 7.08. The Hall–Kier alpha value is -2.40. The number of nitrogens with zero attached hydrogens (tertiary/aromatic N) is 3. The number of rotatable bonds is 3. The zero-order valence-corrected chi connectivity index (χ0v) is 15.2. The Kier molecular flexibility index (Phi) is 4.89. The number of hydrogen-bond donors (Lipinski definition) is 0. The van der Waals surface area contributed by atoms with E-state index in [1.165, 1.54) is 17.5 Å². The summed E-state index contributed by atoms with van der Waals surface area (Å²) in [5.74, 6) is 0.551. The summed E-state index contributed by atoms with van der Waals surface area (Å²) in [6, 6.07) is 12.9. The van der Waals surface area contributed by atoms with Crippen LogP contribution in [-0.2, 0) is 12.8 Å². The Morgan fingerprint density at radius 2 is 1.88 bits per heavy atom. The SMILES string of the molecule is COc1cc(C(=O)N2CCN([C@@H]3CCc4ccccc4C3)CC2)ccn1. The van der Waals surface area contributed by atoms with E-state index in [9.17, 15) is 4.79 Å². The lowest BCUT2D eigenvalue weighted by molar-refractivity contribution is 0.0552. The molecule has 0 saturated carbocycles. The molecule has 5 nitrogen and oxygen atoms in total. The van der Waals surface area contributed by atoms with Crippen LogP contribution in [0.3, 0.4) is 0 Å². The summed E-state index contributed by atoms with van der Waals surface area (Å²) >= 11 is 0. The number of methoxy groups -OCH3 is 1. The largest absolute Gasteiger partial charge is 0.481 e. The Balaban J connectivity index is 1.36. The summed E-state index contributed by atoms with van der Waals surface area (Å²) in [5, 5.41) is 0. The smallest absolute Gasteiger partial charge is 0.254 e. The van der Waals surface area contributed by atoms with E-state index >= 15 is 0 Å². The van der Waals surface area contributed by atoms with Crippen molar-refractivity contribution < 1.29 is 9.53 Å². The Morgan fingerprint density at radius 1 is 1.12 bits per heavy atom. The summed E-state index contributed by atoms with van der Waals surface area (Å²) in [6.45, 7) is 3.45. The number of benzene rings is 1. The Labute approximate surface area is 154 Å². The lowest BCUT2D eigenvalue weighted by Crippen LogP contribution is -2.53. The van der Waals surface area contributed by atoms with E-state index in [-0.39, 0.29) is 5.91 Å². The molecule has 1 aromatic heterocycles. The van der Waals surface area contributed by atoms with Crippen LogP contribution in [0.5, 0.6) is 5.88 Å². The third-order valence-electron chi connectivity index (χ3n) is 5.63. The molecule has 1 fully saturated rings. The first-order valence-electron chi connectivity index (χ1n) is 9.35. The maximum atomic E-state index is 12.7. The molecule has 2 aliphatic rings. The number of ether oxygens (including phenoxy) is 1. The Bertz CT molecular complexity index is 784. The van der Waals surface area contributed by atoms with E-state index < -0.39 is 0 Å². The number of amides is 1. The van der Waals surface area contributed by atoms with Crippen LogP contribution in [0.1, 0.15) is 27.9 Å². The van der Waals surface area contributed by atoms with Crippen LogP contribution in [0.25, 0.3) is 0 Å². The number of aryl methyl sites for hydroxylation is 1. The molecule has 0 bridgehead atoms. The fourth-order valence-corrected chi connectivity index (χ4v) is 4.12. The predicted molar refractivity (Wildman–Crippen MR) is 101 cm³/mol. The van der Waals surface area contributed by atoms with Gasteiger partial charge >= 0.3 is 0 Å². The van der Waals surface area contributed by atoms with Gasteiger partial charge < -0.3 is 9.64 Å². The maximum Gasteiger partial charge on any atom is 0.254 e. The molecule has 5 heteroatoms. The summed E-state index contributed by atoms with van der Waals surface area (Å²) in [4.78, 5) is 21.3. The molecule has 0 spiro atoms. The molecule has 0 N–H and O–H groups in total. The van der Waals surface area contributed by atoms with Crippen molar-refractivity contribution in [2.45, 2.75) is 25.3 Å². The summed E-state index contributed by atoms with van der Waals surface area (Å²) in [6.07, 6.45) is 5.14. The van der Waals surface area contributed by atoms with Crippen LogP contribution < -0.4 is 4.74 Å². The van der Waals surface area contributed by atoms with Crippen molar-refractivity contribution in [2.24, 2.45) is 0 Å². The van der Waals surface area contributed by atoms with Crippen molar-refractivity contribution in [3.63, 3.8) is 0 Å². The van der Waals surface area contributed by atoms with Crippen molar-refractivity contribution in [3.05, 3.63) is 59.3 Å². The van der Waals surface area contributed by atoms with E-state index in [0.29, 0.717) is 17.5 Å². The number of pyridine rings is 1. The van der Waals surface area contributed by atoms with Crippen LogP contribution in [0.15, 0.2) is 42.6 Å². The molecular weight excluding hydrogens is 326 g/mol. The van der Waals surface area contributed by atoms with E-state index in [1.807, 2.05) is 4.90 Å². The molecule has 1 saturated heterocycles. The lowest BCUT2D eigenvalue weighted by atomic mass is 9.87. The van der Waals surface area contributed by atoms with E-state index in [1.54, 1.807) is 25.4 Å². The minimum Gasteiger partial charge on any atom is -0.481 e. The third kappa shape index (κ3) is 3.44. The highest BCUT2D eigenvalue weighted by atomic mass is 16.5. The quantitative estimate of drug-likeness (QED) is 0.852. The van der Waals surface area contributed by atoms with Gasteiger partial charge in [-0.1, -0.05) is 24.3 Å². The minimum atomic E-state index is 0.0688. The van der Waals surface area contributed by atoms with Gasteiger partial charge in [-0.25, -0.2) is 4.98 Å². The first kappa shape index (κ1) is 17.0. The van der Waals surface area contributed by atoms with Gasteiger partial charge in [-0.15, -0.1) is 0 Å². The van der Waals surface area contributed by atoms with Crippen LogP contribution in [0, 0.1) is 0 Å². The topological polar surface area (TPSA) is 45.7 Å². The molecule has 1 aromatic carbocycles. The lowest BCUT2D eigenvalue weighted by Gasteiger charge is -2.41. The molecule has 1 aliphatic heterocycles. The van der Waals surface area contributed by atoms with Gasteiger partial charge in [0, 0.05) is 50.0 Å². The molecule has 2 heterocycles. The number of fused-ring (bicyclic) bond motifs is 1. The molecular formula is C21H25N3O2. The molecule has 4 rings (SSSR count). The fourth-order valence-electron chi connectivity index (χ4n) is 4.12. The van der Waals surface area contributed by atoms with Crippen molar-refractivity contribution in [3.8, 4) is 5.88 Å². The van der Waals surface area contributed by atoms with E-state index in [0.717, 1.165) is 39.0 Å². The number of piperazine rings is 1. The van der Waals surface area contributed by atoms with Crippen LogP contribution in [0.2, 0.25) is 0 Å². The maximum absolute atomic E-state index is 12.7. The highest BCUT2D eigenvalue weighted by molar-refractivity contribution is 5.94. The second kappa shape index (κ2) is 7.46. The van der Waals surface area contributed by atoms with Crippen LogP contribution in [0.4, 0.5) is 0 Å². The molecule has 1 amide bonds. The van der Waals surface area contributed by atoms with Gasteiger partial charge in [-0.3, -0.25) is 9.69 Å². The first-order chi connectivity index (χ1) is 12.7. The van der Waals surface area contributed by atoms with Gasteiger partial charge in [0.25, 0.3) is 5.91 Å². The molecule has 0 radical (unpaired) electrons.